The number of unbranched alkanes of at least 4 members (excludes halogenated alkanes) is 1. The summed E-state index contributed by atoms with van der Waals surface area (Å²) in [4.78, 5) is 17.5. The van der Waals surface area contributed by atoms with Crippen molar-refractivity contribution in [1.29, 1.82) is 0 Å². The molecule has 3 aromatic rings. The van der Waals surface area contributed by atoms with E-state index in [1.807, 2.05) is 0 Å². The summed E-state index contributed by atoms with van der Waals surface area (Å²) in [5, 5.41) is 7.53. The largest absolute Gasteiger partial charge is 0.494 e. The quantitative estimate of drug-likeness (QED) is 0.411. The van der Waals surface area contributed by atoms with Gasteiger partial charge in [-0.15, -0.1) is 0 Å². The number of ether oxygens (including phenoxy) is 1. The number of aromatic nitrogens is 2. The second kappa shape index (κ2) is 11.9. The van der Waals surface area contributed by atoms with E-state index in [4.69, 9.17) is 16.3 Å². The fraction of sp³-hybridized carbons (Fsp3) is 0.407. The predicted octanol–water partition coefficient (Wildman–Crippen LogP) is 4.94. The van der Waals surface area contributed by atoms with Gasteiger partial charge in [-0.05, 0) is 82.7 Å². The van der Waals surface area contributed by atoms with Crippen molar-refractivity contribution in [1.82, 2.24) is 19.6 Å². The van der Waals surface area contributed by atoms with Crippen LogP contribution in [0.3, 0.4) is 0 Å². The van der Waals surface area contributed by atoms with E-state index in [-0.39, 0.29) is 11.6 Å². The molecule has 0 bridgehead atoms. The first-order valence-electron chi connectivity index (χ1n) is 12.3. The van der Waals surface area contributed by atoms with Crippen LogP contribution in [-0.2, 0) is 0 Å². The highest BCUT2D eigenvalue weighted by Gasteiger charge is 2.16. The van der Waals surface area contributed by atoms with Gasteiger partial charge in [-0.3, -0.25) is 4.79 Å². The van der Waals surface area contributed by atoms with Gasteiger partial charge in [0.15, 0.2) is 5.82 Å². The van der Waals surface area contributed by atoms with Crippen LogP contribution in [0.1, 0.15) is 34.6 Å². The number of aryl methyl sites for hydroxylation is 1. The Morgan fingerprint density at radius 2 is 1.81 bits per heavy atom. The molecule has 4 rings (SSSR count). The first-order chi connectivity index (χ1) is 17.3. The number of benzene rings is 2. The molecule has 7 nitrogen and oxygen atoms in total. The second-order valence-corrected chi connectivity index (χ2v) is 9.62. The summed E-state index contributed by atoms with van der Waals surface area (Å²) in [5.41, 5.74) is 2.37. The minimum absolute atomic E-state index is 0.269. The van der Waals surface area contributed by atoms with Gasteiger partial charge in [0, 0.05) is 37.4 Å². The van der Waals surface area contributed by atoms with Crippen molar-refractivity contribution >= 4 is 23.2 Å². The molecular formula is C27H33ClFN5O2. The second-order valence-electron chi connectivity index (χ2n) is 9.24. The molecule has 1 aliphatic heterocycles. The lowest BCUT2D eigenvalue weighted by Crippen LogP contribution is -2.44. The molecule has 2 heterocycles. The van der Waals surface area contributed by atoms with Gasteiger partial charge in [0.2, 0.25) is 0 Å². The Morgan fingerprint density at radius 1 is 1.08 bits per heavy atom. The number of halogens is 2. The zero-order chi connectivity index (χ0) is 25.7. The van der Waals surface area contributed by atoms with E-state index >= 15 is 0 Å². The molecule has 9 heteroatoms. The molecule has 0 saturated carbocycles. The third kappa shape index (κ3) is 6.43. The maximum Gasteiger partial charge on any atom is 0.255 e. The number of piperazine rings is 1. The number of hydrogen-bond donors (Lipinski definition) is 1. The van der Waals surface area contributed by atoms with E-state index in [1.165, 1.54) is 10.7 Å². The number of rotatable bonds is 9. The van der Waals surface area contributed by atoms with Crippen molar-refractivity contribution in [2.75, 3.05) is 51.7 Å². The number of anilines is 1. The van der Waals surface area contributed by atoms with Crippen LogP contribution in [0.25, 0.3) is 5.69 Å². The third-order valence-electron chi connectivity index (χ3n) is 6.49. The molecule has 1 saturated heterocycles. The Kier molecular flexibility index (Phi) is 8.61. The molecule has 192 valence electrons. The van der Waals surface area contributed by atoms with Crippen molar-refractivity contribution in [3.05, 3.63) is 70.3 Å². The van der Waals surface area contributed by atoms with Gasteiger partial charge in [-0.2, -0.15) is 5.10 Å². The van der Waals surface area contributed by atoms with E-state index in [0.29, 0.717) is 34.3 Å². The van der Waals surface area contributed by atoms with Crippen LogP contribution in [-0.4, -0.2) is 71.9 Å². The van der Waals surface area contributed by atoms with Gasteiger partial charge < -0.3 is 19.9 Å². The van der Waals surface area contributed by atoms with Crippen LogP contribution < -0.4 is 10.1 Å². The summed E-state index contributed by atoms with van der Waals surface area (Å²) < 4.78 is 22.1. The Bertz CT molecular complexity index is 1190. The van der Waals surface area contributed by atoms with Gasteiger partial charge in [-0.1, -0.05) is 11.6 Å². The Hall–Kier alpha value is -2.94. The smallest absolute Gasteiger partial charge is 0.255 e. The van der Waals surface area contributed by atoms with Gasteiger partial charge in [0.25, 0.3) is 5.91 Å². The molecule has 0 atom stereocenters. The normalized spacial score (nSPS) is 14.7. The van der Waals surface area contributed by atoms with Gasteiger partial charge >= 0.3 is 0 Å². The van der Waals surface area contributed by atoms with Crippen LogP contribution in [0.2, 0.25) is 5.02 Å². The molecule has 1 aliphatic rings. The highest BCUT2D eigenvalue weighted by atomic mass is 35.5. The van der Waals surface area contributed by atoms with Crippen LogP contribution >= 0.6 is 11.6 Å². The van der Waals surface area contributed by atoms with Gasteiger partial charge in [0.1, 0.15) is 11.4 Å². The fourth-order valence-corrected chi connectivity index (χ4v) is 4.34. The molecule has 1 N–H and O–H groups in total. The van der Waals surface area contributed by atoms with Crippen LogP contribution in [0.5, 0.6) is 5.75 Å². The van der Waals surface area contributed by atoms with E-state index in [9.17, 15) is 9.18 Å². The molecule has 0 radical (unpaired) electrons. The third-order valence-corrected chi connectivity index (χ3v) is 7.03. The molecule has 1 amide bonds. The standard InChI is InChI=1S/C27H33ClFN5O2/c1-19-26(28)20(2)34(31-19)25-11-8-22(18-24(25)29)30-27(35)21-6-9-23(10-7-21)36-17-5-4-12-33-15-13-32(3)14-16-33/h6-11,18H,4-5,12-17H2,1-3H3,(H,30,35). The predicted molar refractivity (Wildman–Crippen MR) is 141 cm³/mol. The van der Waals surface area contributed by atoms with Crippen LogP contribution in [0.15, 0.2) is 42.5 Å². The first kappa shape index (κ1) is 26.1. The maximum atomic E-state index is 14.8. The topological polar surface area (TPSA) is 62.6 Å². The van der Waals surface area contributed by atoms with E-state index in [2.05, 4.69) is 27.3 Å². The molecule has 2 aromatic carbocycles. The van der Waals surface area contributed by atoms with E-state index in [0.717, 1.165) is 51.3 Å². The molecule has 0 spiro atoms. The summed E-state index contributed by atoms with van der Waals surface area (Å²) >= 11 is 6.18. The molecule has 1 fully saturated rings. The lowest BCUT2D eigenvalue weighted by molar-refractivity contribution is 0.102. The molecule has 36 heavy (non-hydrogen) atoms. The Balaban J connectivity index is 1.25. The highest BCUT2D eigenvalue weighted by molar-refractivity contribution is 6.31. The summed E-state index contributed by atoms with van der Waals surface area (Å²) in [6.07, 6.45) is 2.09. The van der Waals surface area contributed by atoms with Gasteiger partial charge in [-0.25, -0.2) is 9.07 Å². The molecule has 1 aromatic heterocycles. The highest BCUT2D eigenvalue weighted by Crippen LogP contribution is 2.25. The molecule has 0 aliphatic carbocycles. The molecule has 0 unspecified atom stereocenters. The summed E-state index contributed by atoms with van der Waals surface area (Å²) in [7, 11) is 2.17. The van der Waals surface area contributed by atoms with E-state index < -0.39 is 5.82 Å². The number of nitrogens with zero attached hydrogens (tertiary/aromatic N) is 4. The van der Waals surface area contributed by atoms with Crippen molar-refractivity contribution in [3.63, 3.8) is 0 Å². The summed E-state index contributed by atoms with van der Waals surface area (Å²) in [5.74, 6) is -0.105. The number of nitrogens with one attached hydrogen (secondary N) is 1. The van der Waals surface area contributed by atoms with Crippen molar-refractivity contribution < 1.29 is 13.9 Å². The van der Waals surface area contributed by atoms with Crippen LogP contribution in [0, 0.1) is 19.7 Å². The minimum Gasteiger partial charge on any atom is -0.494 e. The number of carbonyl (C=O) groups excluding carboxylic acids is 1. The Morgan fingerprint density at radius 3 is 2.44 bits per heavy atom. The number of amides is 1. The number of carbonyl (C=O) groups is 1. The summed E-state index contributed by atoms with van der Waals surface area (Å²) in [6.45, 7) is 9.84. The maximum absolute atomic E-state index is 14.8. The van der Waals surface area contributed by atoms with Crippen molar-refractivity contribution in [2.24, 2.45) is 0 Å². The van der Waals surface area contributed by atoms with Crippen molar-refractivity contribution in [2.45, 2.75) is 26.7 Å². The lowest BCUT2D eigenvalue weighted by atomic mass is 10.2. The number of hydrogen-bond acceptors (Lipinski definition) is 5. The van der Waals surface area contributed by atoms with Crippen LogP contribution in [0.4, 0.5) is 10.1 Å². The van der Waals surface area contributed by atoms with Crippen molar-refractivity contribution in [3.8, 4) is 11.4 Å². The minimum atomic E-state index is -0.508. The van der Waals surface area contributed by atoms with Gasteiger partial charge in [0.05, 0.1) is 23.0 Å². The van der Waals surface area contributed by atoms with E-state index in [1.54, 1.807) is 50.2 Å². The fourth-order valence-electron chi connectivity index (χ4n) is 4.22. The first-order valence-corrected chi connectivity index (χ1v) is 12.7. The zero-order valence-corrected chi connectivity index (χ0v) is 21.8. The zero-order valence-electron chi connectivity index (χ0n) is 21.1. The average molecular weight is 514 g/mol. The monoisotopic (exact) mass is 513 g/mol. The number of likely N-dealkylation sites (N-methyl/N-ethyl adjacent to an activating group) is 1. The summed E-state index contributed by atoms with van der Waals surface area (Å²) in [6, 6.07) is 11.5. The lowest BCUT2D eigenvalue weighted by Gasteiger charge is -2.32. The molecular weight excluding hydrogens is 481 g/mol. The SMILES string of the molecule is Cc1nn(-c2ccc(NC(=O)c3ccc(OCCCCN4CCN(C)CC4)cc3)cc2F)c(C)c1Cl. The Labute approximate surface area is 216 Å². The average Bonchev–Trinajstić information content (AvgIpc) is 3.12.